The van der Waals surface area contributed by atoms with Crippen molar-refractivity contribution in [1.82, 2.24) is 0 Å². The summed E-state index contributed by atoms with van der Waals surface area (Å²) in [6.45, 7) is 6.37. The van der Waals surface area contributed by atoms with Gasteiger partial charge in [-0.1, -0.05) is 6.07 Å². The molecule has 0 radical (unpaired) electrons. The van der Waals surface area contributed by atoms with Gasteiger partial charge in [0.1, 0.15) is 28.6 Å². The first-order valence-electron chi connectivity index (χ1n) is 9.53. The fourth-order valence-corrected chi connectivity index (χ4v) is 3.44. The van der Waals surface area contributed by atoms with Crippen molar-refractivity contribution in [2.75, 3.05) is 21.3 Å². The van der Waals surface area contributed by atoms with E-state index in [0.717, 1.165) is 0 Å². The third kappa shape index (κ3) is 5.21. The average molecular weight is 509 g/mol. The molecule has 0 aliphatic heterocycles. The standard InChI is InChI=1S/C23H25BrO8/c1-12(25)31-15-9-8-10-16(32-22(27)23(2,3)4)17(15)18-19(28-5)13(21(26)30-7)11-14(24)20(18)29-6/h8-11H,1-7H3. The van der Waals surface area contributed by atoms with Crippen LogP contribution < -0.4 is 18.9 Å². The van der Waals surface area contributed by atoms with E-state index in [4.69, 9.17) is 23.7 Å². The Kier molecular flexibility index (Phi) is 7.90. The number of hydrogen-bond acceptors (Lipinski definition) is 8. The van der Waals surface area contributed by atoms with Crippen molar-refractivity contribution in [2.45, 2.75) is 27.7 Å². The number of esters is 3. The second kappa shape index (κ2) is 10.0. The maximum atomic E-state index is 12.7. The number of halogens is 1. The van der Waals surface area contributed by atoms with Crippen molar-refractivity contribution in [2.24, 2.45) is 5.41 Å². The lowest BCUT2D eigenvalue weighted by Gasteiger charge is -2.23. The predicted octanol–water partition coefficient (Wildman–Crippen LogP) is 4.80. The molecule has 0 aromatic heterocycles. The quantitative estimate of drug-likeness (QED) is 0.405. The largest absolute Gasteiger partial charge is 0.495 e. The first-order valence-corrected chi connectivity index (χ1v) is 10.3. The number of carbonyl (C=O) groups excluding carboxylic acids is 3. The Labute approximate surface area is 194 Å². The summed E-state index contributed by atoms with van der Waals surface area (Å²) in [5.74, 6) is -1.24. The Morgan fingerprint density at radius 2 is 1.44 bits per heavy atom. The molecular formula is C23H25BrO8. The van der Waals surface area contributed by atoms with E-state index in [1.54, 1.807) is 32.9 Å². The van der Waals surface area contributed by atoms with Gasteiger partial charge >= 0.3 is 17.9 Å². The van der Waals surface area contributed by atoms with Crippen molar-refractivity contribution in [3.63, 3.8) is 0 Å². The van der Waals surface area contributed by atoms with Gasteiger partial charge in [0.05, 0.1) is 42.3 Å². The summed E-state index contributed by atoms with van der Waals surface area (Å²) >= 11 is 3.40. The van der Waals surface area contributed by atoms with E-state index < -0.39 is 23.3 Å². The SMILES string of the molecule is COC(=O)c1cc(Br)c(OC)c(-c2c(OC(C)=O)cccc2OC(=O)C(C)(C)C)c1OC. The van der Waals surface area contributed by atoms with E-state index in [-0.39, 0.29) is 39.7 Å². The van der Waals surface area contributed by atoms with E-state index in [9.17, 15) is 14.4 Å². The molecule has 0 N–H and O–H groups in total. The molecule has 2 rings (SSSR count). The highest BCUT2D eigenvalue weighted by Gasteiger charge is 2.31. The molecule has 8 nitrogen and oxygen atoms in total. The van der Waals surface area contributed by atoms with Gasteiger partial charge < -0.3 is 23.7 Å². The highest BCUT2D eigenvalue weighted by atomic mass is 79.9. The van der Waals surface area contributed by atoms with Crippen molar-refractivity contribution >= 4 is 33.8 Å². The smallest absolute Gasteiger partial charge is 0.341 e. The van der Waals surface area contributed by atoms with Crippen LogP contribution in [0.4, 0.5) is 0 Å². The zero-order valence-corrected chi connectivity index (χ0v) is 20.5. The number of methoxy groups -OCH3 is 3. The monoisotopic (exact) mass is 508 g/mol. The molecule has 0 amide bonds. The molecular weight excluding hydrogens is 484 g/mol. The molecule has 0 aliphatic rings. The Bertz CT molecular complexity index is 1050. The molecule has 172 valence electrons. The van der Waals surface area contributed by atoms with Gasteiger partial charge in [0.2, 0.25) is 0 Å². The molecule has 0 aliphatic carbocycles. The number of hydrogen-bond donors (Lipinski definition) is 0. The van der Waals surface area contributed by atoms with Gasteiger partial charge in [0.25, 0.3) is 0 Å². The second-order valence-corrected chi connectivity index (χ2v) is 8.56. The second-order valence-electron chi connectivity index (χ2n) is 7.70. The lowest BCUT2D eigenvalue weighted by Crippen LogP contribution is -2.25. The zero-order chi connectivity index (χ0) is 24.2. The van der Waals surface area contributed by atoms with Crippen molar-refractivity contribution in [3.05, 3.63) is 34.3 Å². The Morgan fingerprint density at radius 3 is 1.91 bits per heavy atom. The van der Waals surface area contributed by atoms with Gasteiger partial charge in [-0.25, -0.2) is 4.79 Å². The van der Waals surface area contributed by atoms with E-state index in [1.165, 1.54) is 40.4 Å². The molecule has 2 aromatic rings. The summed E-state index contributed by atoms with van der Waals surface area (Å²) in [6, 6.07) is 6.14. The summed E-state index contributed by atoms with van der Waals surface area (Å²) in [7, 11) is 4.03. The van der Waals surface area contributed by atoms with Crippen LogP contribution >= 0.6 is 15.9 Å². The maximum Gasteiger partial charge on any atom is 0.341 e. The molecule has 9 heteroatoms. The van der Waals surface area contributed by atoms with Gasteiger partial charge in [-0.3, -0.25) is 9.59 Å². The van der Waals surface area contributed by atoms with Gasteiger partial charge in [-0.2, -0.15) is 0 Å². The first-order chi connectivity index (χ1) is 15.0. The lowest BCUT2D eigenvalue weighted by atomic mass is 9.96. The Balaban J connectivity index is 2.99. The van der Waals surface area contributed by atoms with Gasteiger partial charge in [-0.15, -0.1) is 0 Å². The Morgan fingerprint density at radius 1 is 0.875 bits per heavy atom. The Hall–Kier alpha value is -3.07. The molecule has 0 heterocycles. The summed E-state index contributed by atoms with van der Waals surface area (Å²) in [5, 5.41) is 0. The van der Waals surface area contributed by atoms with Gasteiger partial charge in [-0.05, 0) is 54.9 Å². The number of benzene rings is 2. The summed E-state index contributed by atoms with van der Waals surface area (Å²) in [4.78, 5) is 36.9. The number of ether oxygens (including phenoxy) is 5. The van der Waals surface area contributed by atoms with E-state index in [0.29, 0.717) is 4.47 Å². The minimum absolute atomic E-state index is 0.0854. The van der Waals surface area contributed by atoms with Crippen LogP contribution in [-0.4, -0.2) is 39.2 Å². The topological polar surface area (TPSA) is 97.4 Å². The molecule has 0 fully saturated rings. The van der Waals surface area contributed by atoms with Gasteiger partial charge in [0, 0.05) is 6.92 Å². The minimum Gasteiger partial charge on any atom is -0.495 e. The van der Waals surface area contributed by atoms with Crippen LogP contribution in [0.3, 0.4) is 0 Å². The average Bonchev–Trinajstić information content (AvgIpc) is 2.71. The maximum absolute atomic E-state index is 12.7. The van der Waals surface area contributed by atoms with Crippen LogP contribution in [0.2, 0.25) is 0 Å². The molecule has 0 saturated carbocycles. The molecule has 0 atom stereocenters. The third-order valence-corrected chi connectivity index (χ3v) is 4.90. The van der Waals surface area contributed by atoms with Crippen LogP contribution in [0.15, 0.2) is 28.7 Å². The molecule has 0 bridgehead atoms. The highest BCUT2D eigenvalue weighted by molar-refractivity contribution is 9.10. The fraction of sp³-hybridized carbons (Fsp3) is 0.348. The van der Waals surface area contributed by atoms with Crippen molar-refractivity contribution < 1.29 is 38.1 Å². The third-order valence-electron chi connectivity index (χ3n) is 4.31. The van der Waals surface area contributed by atoms with Crippen molar-refractivity contribution in [1.29, 1.82) is 0 Å². The molecule has 0 saturated heterocycles. The molecule has 0 unspecified atom stereocenters. The molecule has 32 heavy (non-hydrogen) atoms. The molecule has 2 aromatic carbocycles. The highest BCUT2D eigenvalue weighted by Crippen LogP contribution is 2.52. The normalized spacial score (nSPS) is 10.9. The van der Waals surface area contributed by atoms with E-state index in [2.05, 4.69) is 15.9 Å². The predicted molar refractivity (Wildman–Crippen MR) is 120 cm³/mol. The van der Waals surface area contributed by atoms with E-state index >= 15 is 0 Å². The number of rotatable bonds is 6. The van der Waals surface area contributed by atoms with E-state index in [1.807, 2.05) is 0 Å². The number of carbonyl (C=O) groups is 3. The van der Waals surface area contributed by atoms with Gasteiger partial charge in [0.15, 0.2) is 0 Å². The van der Waals surface area contributed by atoms with Crippen LogP contribution in [0, 0.1) is 5.41 Å². The minimum atomic E-state index is -0.808. The summed E-state index contributed by atoms with van der Waals surface area (Å²) in [5.41, 5.74) is -0.292. The molecule has 0 spiro atoms. The zero-order valence-electron chi connectivity index (χ0n) is 19.0. The van der Waals surface area contributed by atoms with Crippen LogP contribution in [0.25, 0.3) is 11.1 Å². The lowest BCUT2D eigenvalue weighted by molar-refractivity contribution is -0.142. The summed E-state index contributed by atoms with van der Waals surface area (Å²) in [6.07, 6.45) is 0. The fourth-order valence-electron chi connectivity index (χ4n) is 2.85. The van der Waals surface area contributed by atoms with Crippen molar-refractivity contribution in [3.8, 4) is 34.1 Å². The van der Waals surface area contributed by atoms with Crippen LogP contribution in [0.1, 0.15) is 38.1 Å². The van der Waals surface area contributed by atoms with Crippen LogP contribution in [0.5, 0.6) is 23.0 Å². The first kappa shape index (κ1) is 25.2. The van der Waals surface area contributed by atoms with Crippen LogP contribution in [-0.2, 0) is 14.3 Å². The summed E-state index contributed by atoms with van der Waals surface area (Å²) < 4.78 is 27.5.